The normalized spacial score (nSPS) is 10.6. The SMILES string of the molecule is CCOC(=O)C(C#N)=CNc1cccc(C(=O)O)c1Cl. The fraction of sp³-hybridized carbons (Fsp3) is 0.154. The third kappa shape index (κ3) is 3.73. The molecule has 0 aliphatic heterocycles. The van der Waals surface area contributed by atoms with E-state index in [2.05, 4.69) is 10.1 Å². The molecule has 0 heterocycles. The van der Waals surface area contributed by atoms with E-state index in [1.807, 2.05) is 0 Å². The summed E-state index contributed by atoms with van der Waals surface area (Å²) >= 11 is 5.90. The number of esters is 1. The summed E-state index contributed by atoms with van der Waals surface area (Å²) in [6.45, 7) is 1.76. The molecule has 0 aliphatic rings. The van der Waals surface area contributed by atoms with Gasteiger partial charge in [-0.3, -0.25) is 0 Å². The Labute approximate surface area is 120 Å². The summed E-state index contributed by atoms with van der Waals surface area (Å²) in [5.41, 5.74) is -0.0630. The van der Waals surface area contributed by atoms with Crippen LogP contribution in [0.2, 0.25) is 5.02 Å². The molecule has 0 amide bonds. The van der Waals surface area contributed by atoms with Crippen molar-refractivity contribution >= 4 is 29.2 Å². The molecule has 0 aliphatic carbocycles. The number of hydrogen-bond acceptors (Lipinski definition) is 5. The second-order valence-corrected chi connectivity index (χ2v) is 3.88. The highest BCUT2D eigenvalue weighted by Crippen LogP contribution is 2.26. The summed E-state index contributed by atoms with van der Waals surface area (Å²) in [5.74, 6) is -1.94. The van der Waals surface area contributed by atoms with Crippen molar-refractivity contribution in [2.24, 2.45) is 0 Å². The van der Waals surface area contributed by atoms with Crippen LogP contribution in [0.5, 0.6) is 0 Å². The fourth-order valence-electron chi connectivity index (χ4n) is 1.30. The summed E-state index contributed by atoms with van der Waals surface area (Å²) in [7, 11) is 0. The van der Waals surface area contributed by atoms with Crippen molar-refractivity contribution in [2.75, 3.05) is 11.9 Å². The molecule has 0 saturated heterocycles. The number of nitrogens with zero attached hydrogens (tertiary/aromatic N) is 1. The van der Waals surface area contributed by atoms with E-state index in [1.165, 1.54) is 18.2 Å². The minimum Gasteiger partial charge on any atom is -0.478 e. The van der Waals surface area contributed by atoms with Crippen LogP contribution in [0.4, 0.5) is 5.69 Å². The molecule has 1 aromatic carbocycles. The number of carboxylic acids is 1. The Hall–Kier alpha value is -2.52. The number of hydrogen-bond donors (Lipinski definition) is 2. The van der Waals surface area contributed by atoms with Crippen molar-refractivity contribution in [2.45, 2.75) is 6.92 Å². The van der Waals surface area contributed by atoms with E-state index in [9.17, 15) is 9.59 Å². The van der Waals surface area contributed by atoms with E-state index in [1.54, 1.807) is 13.0 Å². The third-order valence-corrected chi connectivity index (χ3v) is 2.62. The smallest absolute Gasteiger partial charge is 0.350 e. The number of benzene rings is 1. The van der Waals surface area contributed by atoms with Gasteiger partial charge in [-0.15, -0.1) is 0 Å². The Bertz CT molecular complexity index is 605. The fourth-order valence-corrected chi connectivity index (χ4v) is 1.57. The van der Waals surface area contributed by atoms with Gasteiger partial charge in [0.15, 0.2) is 5.57 Å². The van der Waals surface area contributed by atoms with Crippen molar-refractivity contribution in [1.82, 2.24) is 0 Å². The van der Waals surface area contributed by atoms with Gasteiger partial charge < -0.3 is 15.2 Å². The van der Waals surface area contributed by atoms with Crippen LogP contribution in [0.15, 0.2) is 30.0 Å². The predicted octanol–water partition coefficient (Wildman–Crippen LogP) is 2.42. The molecule has 7 heteroatoms. The molecule has 0 aromatic heterocycles. The zero-order chi connectivity index (χ0) is 15.1. The van der Waals surface area contributed by atoms with E-state index in [4.69, 9.17) is 22.0 Å². The monoisotopic (exact) mass is 294 g/mol. The maximum absolute atomic E-state index is 11.4. The van der Waals surface area contributed by atoms with Crippen molar-refractivity contribution < 1.29 is 19.4 Å². The third-order valence-electron chi connectivity index (χ3n) is 2.22. The number of carbonyl (C=O) groups is 2. The van der Waals surface area contributed by atoms with Crippen molar-refractivity contribution in [3.05, 3.63) is 40.6 Å². The lowest BCUT2D eigenvalue weighted by molar-refractivity contribution is -0.138. The molecular formula is C13H11ClN2O4. The highest BCUT2D eigenvalue weighted by atomic mass is 35.5. The van der Waals surface area contributed by atoms with Crippen LogP contribution >= 0.6 is 11.6 Å². The Morgan fingerprint density at radius 3 is 2.80 bits per heavy atom. The topological polar surface area (TPSA) is 99.4 Å². The number of nitrogens with one attached hydrogen (secondary N) is 1. The summed E-state index contributed by atoms with van der Waals surface area (Å²) < 4.78 is 4.68. The second-order valence-electron chi connectivity index (χ2n) is 3.51. The Morgan fingerprint density at radius 2 is 2.25 bits per heavy atom. The number of halogens is 1. The first-order chi connectivity index (χ1) is 9.51. The Morgan fingerprint density at radius 1 is 1.55 bits per heavy atom. The quantitative estimate of drug-likeness (QED) is 0.491. The lowest BCUT2D eigenvalue weighted by atomic mass is 10.2. The number of carboxylic acid groups (broad SMARTS) is 1. The van der Waals surface area contributed by atoms with Crippen LogP contribution in [0.1, 0.15) is 17.3 Å². The van der Waals surface area contributed by atoms with Crippen LogP contribution in [0.3, 0.4) is 0 Å². The predicted molar refractivity (Wildman–Crippen MR) is 72.4 cm³/mol. The number of nitriles is 1. The maximum Gasteiger partial charge on any atom is 0.350 e. The maximum atomic E-state index is 11.4. The van der Waals surface area contributed by atoms with Gasteiger partial charge in [0, 0.05) is 6.20 Å². The van der Waals surface area contributed by atoms with Crippen LogP contribution in [-0.2, 0) is 9.53 Å². The second kappa shape index (κ2) is 7.16. The molecule has 0 spiro atoms. The van der Waals surface area contributed by atoms with Crippen LogP contribution in [0.25, 0.3) is 0 Å². The molecule has 2 N–H and O–H groups in total. The highest BCUT2D eigenvalue weighted by molar-refractivity contribution is 6.36. The van der Waals surface area contributed by atoms with Gasteiger partial charge in [-0.05, 0) is 19.1 Å². The van der Waals surface area contributed by atoms with Gasteiger partial charge in [0.2, 0.25) is 0 Å². The van der Waals surface area contributed by atoms with E-state index < -0.39 is 11.9 Å². The standard InChI is InChI=1S/C13H11ClN2O4/c1-2-20-13(19)8(6-15)7-16-10-5-3-4-9(11(10)14)12(17)18/h3-5,7,16H,2H2,1H3,(H,17,18). The van der Waals surface area contributed by atoms with Gasteiger partial charge in [-0.25, -0.2) is 9.59 Å². The van der Waals surface area contributed by atoms with Gasteiger partial charge in [0.1, 0.15) is 6.07 Å². The Kier molecular flexibility index (Phi) is 5.56. The number of aromatic carboxylic acids is 1. The molecule has 0 atom stereocenters. The number of rotatable bonds is 5. The summed E-state index contributed by atoms with van der Waals surface area (Å²) in [6, 6.07) is 6.03. The minimum atomic E-state index is -1.17. The lowest BCUT2D eigenvalue weighted by Gasteiger charge is -2.07. The molecule has 1 aromatic rings. The molecule has 1 rings (SSSR count). The lowest BCUT2D eigenvalue weighted by Crippen LogP contribution is -2.08. The average molecular weight is 295 g/mol. The molecule has 0 saturated carbocycles. The summed E-state index contributed by atoms with van der Waals surface area (Å²) in [5, 5.41) is 20.3. The summed E-state index contributed by atoms with van der Waals surface area (Å²) in [6.07, 6.45) is 1.12. The van der Waals surface area contributed by atoms with E-state index in [-0.39, 0.29) is 28.5 Å². The molecular weight excluding hydrogens is 284 g/mol. The average Bonchev–Trinajstić information content (AvgIpc) is 2.41. The number of carbonyl (C=O) groups excluding carboxylic acids is 1. The molecule has 20 heavy (non-hydrogen) atoms. The molecule has 0 bridgehead atoms. The van der Waals surface area contributed by atoms with Gasteiger partial charge in [-0.2, -0.15) is 5.26 Å². The van der Waals surface area contributed by atoms with E-state index in [0.29, 0.717) is 0 Å². The molecule has 0 unspecified atom stereocenters. The van der Waals surface area contributed by atoms with Crippen LogP contribution in [0, 0.1) is 11.3 Å². The number of anilines is 1. The molecule has 104 valence electrons. The first kappa shape index (κ1) is 15.5. The first-order valence-corrected chi connectivity index (χ1v) is 5.94. The van der Waals surface area contributed by atoms with Crippen molar-refractivity contribution in [3.8, 4) is 6.07 Å². The zero-order valence-electron chi connectivity index (χ0n) is 10.5. The van der Waals surface area contributed by atoms with Gasteiger partial charge in [0.25, 0.3) is 0 Å². The minimum absolute atomic E-state index is 0.0163. The Balaban J connectivity index is 2.99. The number of ether oxygens (including phenoxy) is 1. The van der Waals surface area contributed by atoms with Gasteiger partial charge in [-0.1, -0.05) is 17.7 Å². The summed E-state index contributed by atoms with van der Waals surface area (Å²) in [4.78, 5) is 22.3. The van der Waals surface area contributed by atoms with Gasteiger partial charge in [0.05, 0.1) is 22.9 Å². The molecule has 0 fully saturated rings. The van der Waals surface area contributed by atoms with Gasteiger partial charge >= 0.3 is 11.9 Å². The molecule has 6 nitrogen and oxygen atoms in total. The highest BCUT2D eigenvalue weighted by Gasteiger charge is 2.13. The van der Waals surface area contributed by atoms with Crippen LogP contribution in [-0.4, -0.2) is 23.7 Å². The van der Waals surface area contributed by atoms with Crippen molar-refractivity contribution in [1.29, 1.82) is 5.26 Å². The van der Waals surface area contributed by atoms with E-state index >= 15 is 0 Å². The van der Waals surface area contributed by atoms with E-state index in [0.717, 1.165) is 6.20 Å². The van der Waals surface area contributed by atoms with Crippen LogP contribution < -0.4 is 5.32 Å². The first-order valence-electron chi connectivity index (χ1n) is 5.57. The largest absolute Gasteiger partial charge is 0.478 e. The molecule has 0 radical (unpaired) electrons. The van der Waals surface area contributed by atoms with Crippen molar-refractivity contribution in [3.63, 3.8) is 0 Å². The zero-order valence-corrected chi connectivity index (χ0v) is 11.3.